The first-order valence-electron chi connectivity index (χ1n) is 9.41. The lowest BCUT2D eigenvalue weighted by Gasteiger charge is -2.20. The predicted molar refractivity (Wildman–Crippen MR) is 98.6 cm³/mol. The summed E-state index contributed by atoms with van der Waals surface area (Å²) < 4.78 is 7.39. The van der Waals surface area contributed by atoms with Gasteiger partial charge < -0.3 is 14.6 Å². The molecule has 27 heavy (non-hydrogen) atoms. The molecule has 2 aromatic rings. The van der Waals surface area contributed by atoms with E-state index in [1.54, 1.807) is 4.90 Å². The van der Waals surface area contributed by atoms with Gasteiger partial charge in [-0.25, -0.2) is 14.6 Å². The molecule has 1 atom stereocenters. The summed E-state index contributed by atoms with van der Waals surface area (Å²) in [7, 11) is 0. The first-order valence-corrected chi connectivity index (χ1v) is 9.41. The molecular formula is C18H26N6O3. The van der Waals surface area contributed by atoms with E-state index in [0.717, 1.165) is 37.1 Å². The highest BCUT2D eigenvalue weighted by Crippen LogP contribution is 2.27. The van der Waals surface area contributed by atoms with E-state index in [1.165, 1.54) is 6.20 Å². The quantitative estimate of drug-likeness (QED) is 0.760. The highest BCUT2D eigenvalue weighted by molar-refractivity contribution is 5.91. The molecule has 1 aliphatic rings. The van der Waals surface area contributed by atoms with Gasteiger partial charge in [0.25, 0.3) is 11.5 Å². The van der Waals surface area contributed by atoms with E-state index in [9.17, 15) is 9.59 Å². The second-order valence-corrected chi connectivity index (χ2v) is 6.65. The molecule has 0 radical (unpaired) electrons. The van der Waals surface area contributed by atoms with Crippen molar-refractivity contribution in [3.05, 3.63) is 40.1 Å². The Labute approximate surface area is 157 Å². The van der Waals surface area contributed by atoms with Gasteiger partial charge in [0.2, 0.25) is 0 Å². The monoisotopic (exact) mass is 374 g/mol. The summed E-state index contributed by atoms with van der Waals surface area (Å²) in [5.41, 5.74) is -0.0481. The number of hydrogen-bond acceptors (Lipinski definition) is 6. The first kappa shape index (κ1) is 19.2. The van der Waals surface area contributed by atoms with E-state index < -0.39 is 0 Å². The number of carbonyl (C=O) groups excluding carboxylic acids is 1. The third kappa shape index (κ3) is 4.79. The number of hydrogen-bond donors (Lipinski definition) is 1. The maximum Gasteiger partial charge on any atom is 0.273 e. The maximum atomic E-state index is 12.6. The molecule has 3 heterocycles. The largest absolute Gasteiger partial charge is 0.380 e. The second kappa shape index (κ2) is 8.90. The second-order valence-electron chi connectivity index (χ2n) is 6.65. The number of aryl methyl sites for hydroxylation is 1. The van der Waals surface area contributed by atoms with Crippen LogP contribution >= 0.6 is 0 Å². The summed E-state index contributed by atoms with van der Waals surface area (Å²) in [6, 6.07) is 0. The van der Waals surface area contributed by atoms with Crippen molar-refractivity contribution in [2.24, 2.45) is 0 Å². The van der Waals surface area contributed by atoms with Crippen molar-refractivity contribution in [3.8, 4) is 0 Å². The van der Waals surface area contributed by atoms with Gasteiger partial charge in [-0.2, -0.15) is 5.10 Å². The molecule has 1 N–H and O–H groups in total. The number of ether oxygens (including phenoxy) is 1. The van der Waals surface area contributed by atoms with E-state index in [4.69, 9.17) is 4.74 Å². The molecule has 1 amide bonds. The third-order valence-corrected chi connectivity index (χ3v) is 4.73. The van der Waals surface area contributed by atoms with E-state index >= 15 is 0 Å². The van der Waals surface area contributed by atoms with Gasteiger partial charge in [0, 0.05) is 31.8 Å². The number of H-pyrrole nitrogens is 1. The maximum absolute atomic E-state index is 12.6. The third-order valence-electron chi connectivity index (χ3n) is 4.73. The molecule has 1 saturated heterocycles. The standard InChI is InChI=1S/C18H26N6O3/c1-3-27-10-9-24-17(21-13(2)22-24)14-5-4-7-23(8-6-14)18(26)15-11-20-16(25)12-19-15/h11-12,14H,3-10H2,1-2H3,(H,20,25). The van der Waals surface area contributed by atoms with E-state index in [2.05, 4.69) is 20.1 Å². The summed E-state index contributed by atoms with van der Waals surface area (Å²) in [6.45, 7) is 7.15. The van der Waals surface area contributed by atoms with Crippen LogP contribution in [0.4, 0.5) is 0 Å². The van der Waals surface area contributed by atoms with Crippen LogP contribution in [0.15, 0.2) is 17.2 Å². The van der Waals surface area contributed by atoms with Crippen LogP contribution in [0.25, 0.3) is 0 Å². The Morgan fingerprint density at radius 2 is 2.22 bits per heavy atom. The number of carbonyl (C=O) groups is 1. The first-order chi connectivity index (χ1) is 13.1. The average Bonchev–Trinajstić information content (AvgIpc) is 2.88. The lowest BCUT2D eigenvalue weighted by molar-refractivity contribution is 0.0754. The van der Waals surface area contributed by atoms with Gasteiger partial charge in [-0.15, -0.1) is 0 Å². The molecule has 3 rings (SSSR count). The predicted octanol–water partition coefficient (Wildman–Crippen LogP) is 1.12. The summed E-state index contributed by atoms with van der Waals surface area (Å²) in [6.07, 6.45) is 5.17. The van der Waals surface area contributed by atoms with Crippen LogP contribution in [-0.4, -0.2) is 61.8 Å². The molecular weight excluding hydrogens is 348 g/mol. The van der Waals surface area contributed by atoms with E-state index in [1.807, 2.05) is 18.5 Å². The molecule has 146 valence electrons. The Morgan fingerprint density at radius 3 is 2.96 bits per heavy atom. The number of rotatable bonds is 6. The molecule has 0 saturated carbocycles. The van der Waals surface area contributed by atoms with Crippen LogP contribution in [0.2, 0.25) is 0 Å². The fourth-order valence-electron chi connectivity index (χ4n) is 3.41. The molecule has 0 aromatic carbocycles. The number of likely N-dealkylation sites (tertiary alicyclic amines) is 1. The fraction of sp³-hybridized carbons (Fsp3) is 0.611. The number of aromatic amines is 1. The molecule has 1 aliphatic heterocycles. The Kier molecular flexibility index (Phi) is 6.33. The minimum atomic E-state index is -0.316. The summed E-state index contributed by atoms with van der Waals surface area (Å²) in [4.78, 5) is 36.7. The zero-order chi connectivity index (χ0) is 19.2. The van der Waals surface area contributed by atoms with Crippen molar-refractivity contribution in [2.75, 3.05) is 26.3 Å². The van der Waals surface area contributed by atoms with Crippen LogP contribution in [-0.2, 0) is 11.3 Å². The Balaban J connectivity index is 1.67. The summed E-state index contributed by atoms with van der Waals surface area (Å²) in [5.74, 6) is 1.84. The molecule has 0 aliphatic carbocycles. The van der Waals surface area contributed by atoms with Gasteiger partial charge in [0.1, 0.15) is 17.3 Å². The number of nitrogens with one attached hydrogen (secondary N) is 1. The number of nitrogens with zero attached hydrogens (tertiary/aromatic N) is 5. The molecule has 1 unspecified atom stereocenters. The van der Waals surface area contributed by atoms with Crippen LogP contribution < -0.4 is 5.56 Å². The van der Waals surface area contributed by atoms with Gasteiger partial charge in [-0.3, -0.25) is 9.59 Å². The number of amides is 1. The summed E-state index contributed by atoms with van der Waals surface area (Å²) >= 11 is 0. The minimum absolute atomic E-state index is 0.152. The highest BCUT2D eigenvalue weighted by Gasteiger charge is 2.26. The average molecular weight is 374 g/mol. The molecule has 1 fully saturated rings. The Hall–Kier alpha value is -2.55. The lowest BCUT2D eigenvalue weighted by Crippen LogP contribution is -2.33. The molecule has 0 spiro atoms. The summed E-state index contributed by atoms with van der Waals surface area (Å²) in [5, 5.41) is 4.50. The lowest BCUT2D eigenvalue weighted by atomic mass is 10.00. The van der Waals surface area contributed by atoms with Gasteiger partial charge in [-0.05, 0) is 33.1 Å². The van der Waals surface area contributed by atoms with E-state index in [0.29, 0.717) is 32.8 Å². The van der Waals surface area contributed by atoms with Crippen molar-refractivity contribution in [2.45, 2.75) is 45.6 Å². The van der Waals surface area contributed by atoms with Crippen LogP contribution in [0.1, 0.15) is 54.2 Å². The Morgan fingerprint density at radius 1 is 1.37 bits per heavy atom. The molecule has 9 heteroatoms. The smallest absolute Gasteiger partial charge is 0.273 e. The SMILES string of the molecule is CCOCCn1nc(C)nc1C1CCCN(C(=O)c2c[nH]c(=O)cn2)CC1. The van der Waals surface area contributed by atoms with Gasteiger partial charge in [0.15, 0.2) is 0 Å². The van der Waals surface area contributed by atoms with Crippen LogP contribution in [0.5, 0.6) is 0 Å². The van der Waals surface area contributed by atoms with Crippen molar-refractivity contribution in [1.82, 2.24) is 29.6 Å². The minimum Gasteiger partial charge on any atom is -0.380 e. The van der Waals surface area contributed by atoms with Gasteiger partial charge >= 0.3 is 0 Å². The van der Waals surface area contributed by atoms with Gasteiger partial charge in [0.05, 0.1) is 19.3 Å². The van der Waals surface area contributed by atoms with Crippen LogP contribution in [0.3, 0.4) is 0 Å². The highest BCUT2D eigenvalue weighted by atomic mass is 16.5. The van der Waals surface area contributed by atoms with Crippen molar-refractivity contribution in [3.63, 3.8) is 0 Å². The molecule has 2 aromatic heterocycles. The van der Waals surface area contributed by atoms with Crippen LogP contribution in [0, 0.1) is 6.92 Å². The zero-order valence-electron chi connectivity index (χ0n) is 15.8. The molecule has 9 nitrogen and oxygen atoms in total. The van der Waals surface area contributed by atoms with Crippen molar-refractivity contribution < 1.29 is 9.53 Å². The normalized spacial score (nSPS) is 17.7. The zero-order valence-corrected chi connectivity index (χ0v) is 15.8. The Bertz CT molecular complexity index is 810. The topological polar surface area (TPSA) is 106 Å². The molecule has 0 bridgehead atoms. The van der Waals surface area contributed by atoms with Crippen molar-refractivity contribution >= 4 is 5.91 Å². The van der Waals surface area contributed by atoms with E-state index in [-0.39, 0.29) is 23.1 Å². The van der Waals surface area contributed by atoms with Gasteiger partial charge in [-0.1, -0.05) is 0 Å². The van der Waals surface area contributed by atoms with Crippen molar-refractivity contribution in [1.29, 1.82) is 0 Å². The fourth-order valence-corrected chi connectivity index (χ4v) is 3.41. The number of aromatic nitrogens is 5.